The van der Waals surface area contributed by atoms with E-state index in [0.717, 1.165) is 43.5 Å². The van der Waals surface area contributed by atoms with E-state index in [1.165, 1.54) is 24.5 Å². The number of aliphatic hydroxyl groups excluding tert-OH is 1. The van der Waals surface area contributed by atoms with Crippen molar-refractivity contribution in [2.75, 3.05) is 43.5 Å². The minimum absolute atomic E-state index is 0.0292. The Kier molecular flexibility index (Phi) is 12.4. The molecule has 2 aromatic carbocycles. The van der Waals surface area contributed by atoms with Gasteiger partial charge in [0.05, 0.1) is 86.0 Å². The summed E-state index contributed by atoms with van der Waals surface area (Å²) < 4.78 is 94.2. The summed E-state index contributed by atoms with van der Waals surface area (Å²) in [5.41, 5.74) is 2.62. The van der Waals surface area contributed by atoms with Gasteiger partial charge in [0.15, 0.2) is 29.2 Å². The predicted octanol–water partition coefficient (Wildman–Crippen LogP) is 9.03. The van der Waals surface area contributed by atoms with Crippen LogP contribution in [0.4, 0.5) is 38.0 Å². The lowest BCUT2D eigenvalue weighted by Gasteiger charge is -2.22. The molecule has 326 valence electrons. The van der Waals surface area contributed by atoms with Crippen LogP contribution in [-0.2, 0) is 21.8 Å². The van der Waals surface area contributed by atoms with Crippen LogP contribution in [0.3, 0.4) is 0 Å². The van der Waals surface area contributed by atoms with Crippen LogP contribution in [0.5, 0.6) is 0 Å². The quantitative estimate of drug-likeness (QED) is 0.0583. The zero-order valence-corrected chi connectivity index (χ0v) is 33.8. The van der Waals surface area contributed by atoms with Crippen molar-refractivity contribution in [2.24, 2.45) is 0 Å². The standard InChI is InChI=1S/C22H22ClF3N6O2.C17H14ClF3N6O/c23-14-11-29-31-19(14)17-12-28-21-20(27-7-3-9-34-18-4-1-2-8-33-18)30-15-10-13(22(24,25)26)5-6-16(15)32(17)21;18-10-7-24-26-14(10)13-8-23-16-15(22-4-1-5-28)25-11-6-9(17(19,20)21)2-3-12(11)27(13)16/h5-6,10-12,18H,1-4,7-9H2,(H,27,30)(H,29,31);2-3,6-8,28H,1,4-5H2,(H,22,25)(H,24,26). The van der Waals surface area contributed by atoms with Crippen molar-refractivity contribution in [3.63, 3.8) is 0 Å². The highest BCUT2D eigenvalue weighted by Crippen LogP contribution is 2.37. The number of benzene rings is 2. The Morgan fingerprint density at radius 1 is 0.742 bits per heavy atom. The summed E-state index contributed by atoms with van der Waals surface area (Å²) in [5.74, 6) is 0.671. The lowest BCUT2D eigenvalue weighted by atomic mass is 10.2. The Morgan fingerprint density at radius 2 is 1.26 bits per heavy atom. The van der Waals surface area contributed by atoms with Gasteiger partial charge in [0.2, 0.25) is 0 Å². The van der Waals surface area contributed by atoms with Gasteiger partial charge in [-0.2, -0.15) is 36.5 Å². The average Bonchev–Trinajstić information content (AvgIpc) is 4.07. The van der Waals surface area contributed by atoms with Crippen molar-refractivity contribution >= 4 is 68.2 Å². The molecule has 23 heteroatoms. The number of nitrogens with zero attached hydrogens (tertiary/aromatic N) is 8. The molecular weight excluding hydrogens is 869 g/mol. The lowest BCUT2D eigenvalue weighted by molar-refractivity contribution is -0.162. The first kappa shape index (κ1) is 42.9. The summed E-state index contributed by atoms with van der Waals surface area (Å²) in [6, 6.07) is 6.78. The highest BCUT2D eigenvalue weighted by molar-refractivity contribution is 6.33. The number of H-pyrrole nitrogens is 2. The van der Waals surface area contributed by atoms with Crippen molar-refractivity contribution < 1.29 is 40.9 Å². The molecule has 7 heterocycles. The fourth-order valence-corrected chi connectivity index (χ4v) is 7.31. The van der Waals surface area contributed by atoms with Gasteiger partial charge in [0.1, 0.15) is 11.4 Å². The second-order valence-corrected chi connectivity index (χ2v) is 14.9. The zero-order chi connectivity index (χ0) is 43.6. The SMILES string of the molecule is FC(F)(F)c1ccc2c(c1)nc(NCCCOC1CCCCO1)c1ncc(-c3[nH]ncc3Cl)n12.OCCCNc1nc2cc(C(F)(F)F)ccc2n2c(-c3[nH]ncc3Cl)cnc12. The molecule has 0 radical (unpaired) electrons. The molecule has 0 bridgehead atoms. The summed E-state index contributed by atoms with van der Waals surface area (Å²) >= 11 is 12.4. The van der Waals surface area contributed by atoms with Gasteiger partial charge in [-0.25, -0.2) is 19.9 Å². The Labute approximate surface area is 356 Å². The lowest BCUT2D eigenvalue weighted by Crippen LogP contribution is -2.23. The Bertz CT molecular complexity index is 2830. The molecular formula is C39H36Cl2F6N12O3. The number of hydrogen-bond donors (Lipinski definition) is 5. The first-order chi connectivity index (χ1) is 29.8. The van der Waals surface area contributed by atoms with Crippen molar-refractivity contribution in [2.45, 2.75) is 50.7 Å². The van der Waals surface area contributed by atoms with Gasteiger partial charge in [-0.15, -0.1) is 0 Å². The van der Waals surface area contributed by atoms with Crippen molar-refractivity contribution in [3.05, 3.63) is 82.4 Å². The number of rotatable bonds is 12. The Morgan fingerprint density at radius 3 is 1.69 bits per heavy atom. The third kappa shape index (κ3) is 8.93. The number of anilines is 2. The van der Waals surface area contributed by atoms with Gasteiger partial charge in [-0.05, 0) is 68.5 Å². The van der Waals surface area contributed by atoms with Gasteiger partial charge in [-0.3, -0.25) is 19.0 Å². The van der Waals surface area contributed by atoms with Gasteiger partial charge in [0.25, 0.3) is 0 Å². The van der Waals surface area contributed by atoms with E-state index in [0.29, 0.717) is 106 Å². The Hall–Kier alpha value is -5.74. The number of halogens is 8. The number of alkyl halides is 6. The number of aromatic amines is 2. The molecule has 6 aromatic heterocycles. The highest BCUT2D eigenvalue weighted by Gasteiger charge is 2.32. The molecule has 1 aliphatic rings. The first-order valence-corrected chi connectivity index (χ1v) is 20.0. The van der Waals surface area contributed by atoms with Gasteiger partial charge >= 0.3 is 12.4 Å². The average molecular weight is 906 g/mol. The number of aliphatic hydroxyl groups is 1. The molecule has 15 nitrogen and oxygen atoms in total. The van der Waals surface area contributed by atoms with E-state index in [1.54, 1.807) is 21.2 Å². The van der Waals surface area contributed by atoms with Crippen LogP contribution < -0.4 is 10.6 Å². The van der Waals surface area contributed by atoms with Crippen LogP contribution in [0.1, 0.15) is 43.2 Å². The van der Waals surface area contributed by atoms with Crippen LogP contribution in [0.2, 0.25) is 10.0 Å². The van der Waals surface area contributed by atoms with Crippen LogP contribution >= 0.6 is 23.2 Å². The summed E-state index contributed by atoms with van der Waals surface area (Å²) in [4.78, 5) is 17.6. The number of hydrogen-bond acceptors (Lipinski definition) is 11. The van der Waals surface area contributed by atoms with E-state index >= 15 is 0 Å². The van der Waals surface area contributed by atoms with Crippen LogP contribution in [0.25, 0.3) is 56.1 Å². The number of aromatic nitrogens is 10. The highest BCUT2D eigenvalue weighted by atomic mass is 35.5. The van der Waals surface area contributed by atoms with E-state index in [2.05, 4.69) is 51.0 Å². The number of fused-ring (bicyclic) bond motifs is 6. The van der Waals surface area contributed by atoms with E-state index < -0.39 is 23.5 Å². The maximum absolute atomic E-state index is 13.3. The van der Waals surface area contributed by atoms with E-state index in [4.69, 9.17) is 37.8 Å². The summed E-state index contributed by atoms with van der Waals surface area (Å²) in [5, 5.41) is 29.3. The molecule has 62 heavy (non-hydrogen) atoms. The molecule has 0 aliphatic carbocycles. The third-order valence-corrected chi connectivity index (χ3v) is 10.5. The smallest absolute Gasteiger partial charge is 0.396 e. The molecule has 1 saturated heterocycles. The number of nitrogens with one attached hydrogen (secondary N) is 4. The van der Waals surface area contributed by atoms with E-state index in [1.807, 2.05) is 0 Å². The maximum atomic E-state index is 13.3. The van der Waals surface area contributed by atoms with Crippen molar-refractivity contribution in [3.8, 4) is 22.8 Å². The summed E-state index contributed by atoms with van der Waals surface area (Å²) in [7, 11) is 0. The molecule has 0 saturated carbocycles. The molecule has 9 rings (SSSR count). The molecule has 1 aliphatic heterocycles. The minimum Gasteiger partial charge on any atom is -0.396 e. The Balaban J connectivity index is 0.000000174. The maximum Gasteiger partial charge on any atom is 0.416 e. The van der Waals surface area contributed by atoms with Crippen LogP contribution in [0.15, 0.2) is 61.2 Å². The monoisotopic (exact) mass is 904 g/mol. The second kappa shape index (κ2) is 17.9. The number of ether oxygens (including phenoxy) is 2. The minimum atomic E-state index is -4.49. The fraction of sp³-hybridized carbons (Fsp3) is 0.333. The first-order valence-electron chi connectivity index (χ1n) is 19.3. The molecule has 1 atom stereocenters. The molecule has 0 amide bonds. The second-order valence-electron chi connectivity index (χ2n) is 14.1. The van der Waals surface area contributed by atoms with Crippen molar-refractivity contribution in [1.82, 2.24) is 49.1 Å². The molecule has 8 aromatic rings. The van der Waals surface area contributed by atoms with Gasteiger partial charge < -0.3 is 25.2 Å². The molecule has 0 spiro atoms. The normalized spacial score (nSPS) is 14.8. The molecule has 1 unspecified atom stereocenters. The van der Waals surface area contributed by atoms with E-state index in [-0.39, 0.29) is 23.9 Å². The van der Waals surface area contributed by atoms with Gasteiger partial charge in [-0.1, -0.05) is 23.2 Å². The van der Waals surface area contributed by atoms with E-state index in [9.17, 15) is 26.3 Å². The molecule has 5 N–H and O–H groups in total. The third-order valence-electron chi connectivity index (χ3n) is 9.88. The van der Waals surface area contributed by atoms with Crippen LogP contribution in [0, 0.1) is 0 Å². The zero-order valence-electron chi connectivity index (χ0n) is 32.3. The van der Waals surface area contributed by atoms with Crippen LogP contribution in [-0.4, -0.2) is 93.4 Å². The fourth-order valence-electron chi connectivity index (χ4n) is 6.94. The molecule has 1 fully saturated rings. The summed E-state index contributed by atoms with van der Waals surface area (Å²) in [6.07, 6.45) is 1.01. The predicted molar refractivity (Wildman–Crippen MR) is 219 cm³/mol. The van der Waals surface area contributed by atoms with Gasteiger partial charge in [0, 0.05) is 26.3 Å². The summed E-state index contributed by atoms with van der Waals surface area (Å²) in [6.45, 7) is 2.05. The topological polar surface area (TPSA) is 180 Å². The number of imidazole rings is 2. The largest absolute Gasteiger partial charge is 0.416 e. The van der Waals surface area contributed by atoms with Crippen molar-refractivity contribution in [1.29, 1.82) is 0 Å².